The summed E-state index contributed by atoms with van der Waals surface area (Å²) >= 11 is 1.61. The second kappa shape index (κ2) is 10.3. The van der Waals surface area contributed by atoms with Gasteiger partial charge in [0.15, 0.2) is 6.10 Å². The SMILES string of the molecule is COc1ccc(NC(=O)[C@@H](C)OC(=O)/C=C/c2ccc(SC)cc2)c([N+](=O)[O-])c1. The molecule has 8 nitrogen and oxygen atoms in total. The van der Waals surface area contributed by atoms with E-state index in [1.165, 1.54) is 38.3 Å². The molecule has 0 heterocycles. The molecule has 0 spiro atoms. The van der Waals surface area contributed by atoms with Gasteiger partial charge in [-0.25, -0.2) is 4.79 Å². The van der Waals surface area contributed by atoms with Gasteiger partial charge in [-0.2, -0.15) is 0 Å². The number of nitrogens with one attached hydrogen (secondary N) is 1. The molecule has 29 heavy (non-hydrogen) atoms. The Morgan fingerprint density at radius 2 is 1.90 bits per heavy atom. The van der Waals surface area contributed by atoms with Crippen LogP contribution >= 0.6 is 11.8 Å². The van der Waals surface area contributed by atoms with Gasteiger partial charge < -0.3 is 14.8 Å². The quantitative estimate of drug-likeness (QED) is 0.228. The van der Waals surface area contributed by atoms with Crippen LogP contribution in [0.3, 0.4) is 0 Å². The van der Waals surface area contributed by atoms with Gasteiger partial charge >= 0.3 is 5.97 Å². The van der Waals surface area contributed by atoms with Gasteiger partial charge in [-0.3, -0.25) is 14.9 Å². The molecule has 0 saturated carbocycles. The molecular formula is C20H20N2O6S. The number of amides is 1. The second-order valence-corrected chi connectivity index (χ2v) is 6.69. The Balaban J connectivity index is 1.98. The molecule has 2 aromatic rings. The number of nitro groups is 1. The number of carbonyl (C=O) groups is 2. The number of carbonyl (C=O) groups excluding carboxylic acids is 2. The third kappa shape index (κ3) is 6.35. The molecule has 0 aromatic heterocycles. The monoisotopic (exact) mass is 416 g/mol. The normalized spacial score (nSPS) is 11.7. The first-order valence-corrected chi connectivity index (χ1v) is 9.72. The Labute approximate surface area is 172 Å². The highest BCUT2D eigenvalue weighted by Crippen LogP contribution is 2.29. The molecule has 1 amide bonds. The van der Waals surface area contributed by atoms with Gasteiger partial charge in [0.1, 0.15) is 11.4 Å². The number of hydrogen-bond donors (Lipinski definition) is 1. The zero-order valence-electron chi connectivity index (χ0n) is 16.1. The lowest BCUT2D eigenvalue weighted by atomic mass is 10.2. The van der Waals surface area contributed by atoms with Crippen molar-refractivity contribution in [1.29, 1.82) is 0 Å². The van der Waals surface area contributed by atoms with E-state index >= 15 is 0 Å². The summed E-state index contributed by atoms with van der Waals surface area (Å²) in [4.78, 5) is 35.8. The summed E-state index contributed by atoms with van der Waals surface area (Å²) in [6.45, 7) is 1.38. The van der Waals surface area contributed by atoms with Crippen molar-refractivity contribution in [3.05, 3.63) is 64.2 Å². The molecular weight excluding hydrogens is 396 g/mol. The third-order valence-electron chi connectivity index (χ3n) is 3.85. The zero-order chi connectivity index (χ0) is 21.4. The number of thioether (sulfide) groups is 1. The van der Waals surface area contributed by atoms with Gasteiger partial charge in [0.05, 0.1) is 18.1 Å². The average Bonchev–Trinajstić information content (AvgIpc) is 2.72. The smallest absolute Gasteiger partial charge is 0.331 e. The first-order valence-electron chi connectivity index (χ1n) is 8.50. The summed E-state index contributed by atoms with van der Waals surface area (Å²) in [5, 5.41) is 13.6. The molecule has 0 aliphatic rings. The number of nitrogens with zero attached hydrogens (tertiary/aromatic N) is 1. The van der Waals surface area contributed by atoms with Crippen LogP contribution in [0.5, 0.6) is 5.75 Å². The minimum atomic E-state index is -1.15. The van der Waals surface area contributed by atoms with Crippen LogP contribution < -0.4 is 10.1 Å². The van der Waals surface area contributed by atoms with Crippen molar-refractivity contribution in [3.8, 4) is 5.75 Å². The zero-order valence-corrected chi connectivity index (χ0v) is 16.9. The van der Waals surface area contributed by atoms with Crippen molar-refractivity contribution in [2.45, 2.75) is 17.9 Å². The highest BCUT2D eigenvalue weighted by atomic mass is 32.2. The number of ether oxygens (including phenoxy) is 2. The van der Waals surface area contributed by atoms with E-state index in [2.05, 4.69) is 5.32 Å². The van der Waals surface area contributed by atoms with E-state index < -0.39 is 22.9 Å². The Kier molecular flexibility index (Phi) is 7.79. The fraction of sp³-hybridized carbons (Fsp3) is 0.200. The van der Waals surface area contributed by atoms with Crippen molar-refractivity contribution in [1.82, 2.24) is 0 Å². The third-order valence-corrected chi connectivity index (χ3v) is 4.59. The maximum absolute atomic E-state index is 12.3. The second-order valence-electron chi connectivity index (χ2n) is 5.82. The molecule has 0 aliphatic heterocycles. The van der Waals surface area contributed by atoms with Gasteiger partial charge in [-0.05, 0) is 49.1 Å². The van der Waals surface area contributed by atoms with Crippen LogP contribution in [0, 0.1) is 10.1 Å². The lowest BCUT2D eigenvalue weighted by Crippen LogP contribution is -2.29. The van der Waals surface area contributed by atoms with Crippen molar-refractivity contribution in [2.24, 2.45) is 0 Å². The summed E-state index contributed by atoms with van der Waals surface area (Å²) in [5.41, 5.74) is 0.462. The molecule has 0 fully saturated rings. The van der Waals surface area contributed by atoms with Gasteiger partial charge in [-0.1, -0.05) is 12.1 Å². The molecule has 0 radical (unpaired) electrons. The van der Waals surface area contributed by atoms with Gasteiger partial charge in [-0.15, -0.1) is 11.8 Å². The fourth-order valence-corrected chi connectivity index (χ4v) is 2.68. The standard InChI is InChI=1S/C20H20N2O6S/c1-13(28-19(23)11-6-14-4-8-16(29-3)9-5-14)20(24)21-17-10-7-15(27-2)12-18(17)22(25)26/h4-13H,1-3H3,(H,21,24)/b11-6+/t13-/m1/s1. The predicted octanol–water partition coefficient (Wildman–Crippen LogP) is 3.91. The topological polar surface area (TPSA) is 108 Å². The Hall–Kier alpha value is -3.33. The van der Waals surface area contributed by atoms with Crippen molar-refractivity contribution in [2.75, 3.05) is 18.7 Å². The summed E-state index contributed by atoms with van der Waals surface area (Å²) in [5.74, 6) is -1.11. The van der Waals surface area contributed by atoms with E-state index in [1.54, 1.807) is 17.8 Å². The molecule has 1 N–H and O–H groups in total. The minimum Gasteiger partial charge on any atom is -0.496 e. The first kappa shape index (κ1) is 22.0. The fourth-order valence-electron chi connectivity index (χ4n) is 2.28. The van der Waals surface area contributed by atoms with Gasteiger partial charge in [0.2, 0.25) is 0 Å². The minimum absolute atomic E-state index is 0.0203. The molecule has 0 saturated heterocycles. The number of rotatable bonds is 8. The highest BCUT2D eigenvalue weighted by Gasteiger charge is 2.22. The number of esters is 1. The number of methoxy groups -OCH3 is 1. The van der Waals surface area contributed by atoms with E-state index in [0.717, 1.165) is 10.5 Å². The summed E-state index contributed by atoms with van der Waals surface area (Å²) in [6, 6.07) is 11.6. The maximum Gasteiger partial charge on any atom is 0.331 e. The molecule has 1 atom stereocenters. The highest BCUT2D eigenvalue weighted by molar-refractivity contribution is 7.98. The molecule has 0 bridgehead atoms. The summed E-state index contributed by atoms with van der Waals surface area (Å²) < 4.78 is 10.0. The van der Waals surface area contributed by atoms with Crippen LogP contribution in [-0.4, -0.2) is 36.3 Å². The molecule has 0 aliphatic carbocycles. The summed E-state index contributed by atoms with van der Waals surface area (Å²) in [7, 11) is 1.38. The first-order chi connectivity index (χ1) is 13.8. The van der Waals surface area contributed by atoms with Gasteiger partial charge in [0.25, 0.3) is 11.6 Å². The number of nitro benzene ring substituents is 1. The van der Waals surface area contributed by atoms with E-state index in [-0.39, 0.29) is 17.1 Å². The predicted molar refractivity (Wildman–Crippen MR) is 111 cm³/mol. The van der Waals surface area contributed by atoms with E-state index in [9.17, 15) is 19.7 Å². The van der Waals surface area contributed by atoms with E-state index in [1.807, 2.05) is 30.5 Å². The largest absolute Gasteiger partial charge is 0.496 e. The van der Waals surface area contributed by atoms with Crippen LogP contribution in [-0.2, 0) is 14.3 Å². The lowest BCUT2D eigenvalue weighted by Gasteiger charge is -2.13. The van der Waals surface area contributed by atoms with Crippen LogP contribution in [0.25, 0.3) is 6.08 Å². The van der Waals surface area contributed by atoms with Crippen molar-refractivity contribution >= 4 is 41.1 Å². The number of anilines is 1. The molecule has 2 aromatic carbocycles. The Morgan fingerprint density at radius 3 is 2.48 bits per heavy atom. The van der Waals surface area contributed by atoms with E-state index in [0.29, 0.717) is 0 Å². The maximum atomic E-state index is 12.3. The molecule has 0 unspecified atom stereocenters. The number of hydrogen-bond acceptors (Lipinski definition) is 7. The Morgan fingerprint density at radius 1 is 1.21 bits per heavy atom. The Bertz CT molecular complexity index is 927. The average molecular weight is 416 g/mol. The van der Waals surface area contributed by atoms with Crippen LogP contribution in [0.4, 0.5) is 11.4 Å². The van der Waals surface area contributed by atoms with Crippen molar-refractivity contribution < 1.29 is 24.0 Å². The molecule has 2 rings (SSSR count). The van der Waals surface area contributed by atoms with E-state index in [4.69, 9.17) is 9.47 Å². The summed E-state index contributed by atoms with van der Waals surface area (Å²) in [6.07, 6.45) is 3.61. The van der Waals surface area contributed by atoms with Crippen LogP contribution in [0.1, 0.15) is 12.5 Å². The van der Waals surface area contributed by atoms with Crippen LogP contribution in [0.2, 0.25) is 0 Å². The van der Waals surface area contributed by atoms with Gasteiger partial charge in [0, 0.05) is 11.0 Å². The molecule has 9 heteroatoms. The molecule has 152 valence electrons. The van der Waals surface area contributed by atoms with Crippen LogP contribution in [0.15, 0.2) is 53.4 Å². The number of benzene rings is 2. The lowest BCUT2D eigenvalue weighted by molar-refractivity contribution is -0.384. The van der Waals surface area contributed by atoms with Crippen molar-refractivity contribution in [3.63, 3.8) is 0 Å².